The van der Waals surface area contributed by atoms with Gasteiger partial charge in [-0.2, -0.15) is 0 Å². The van der Waals surface area contributed by atoms with Crippen molar-refractivity contribution in [3.63, 3.8) is 0 Å². The molecular weight excluding hydrogens is 272 g/mol. The summed E-state index contributed by atoms with van der Waals surface area (Å²) in [5.41, 5.74) is -0.441. The van der Waals surface area contributed by atoms with E-state index in [1.165, 1.54) is 0 Å². The van der Waals surface area contributed by atoms with Crippen LogP contribution in [0.4, 0.5) is 0 Å². The second-order valence-electron chi connectivity index (χ2n) is 6.22. The Hall–Kier alpha value is -1.14. The highest BCUT2D eigenvalue weighted by atomic mass is 16.5. The van der Waals surface area contributed by atoms with Gasteiger partial charge in [0.15, 0.2) is 0 Å². The van der Waals surface area contributed by atoms with E-state index in [0.717, 1.165) is 32.2 Å². The summed E-state index contributed by atoms with van der Waals surface area (Å²) in [4.78, 5) is 26.1. The number of carbonyl (C=O) groups is 2. The lowest BCUT2D eigenvalue weighted by molar-refractivity contribution is -0.154. The molecule has 2 saturated heterocycles. The van der Waals surface area contributed by atoms with Gasteiger partial charge in [0.2, 0.25) is 5.91 Å². The van der Waals surface area contributed by atoms with Crippen LogP contribution in [-0.2, 0) is 14.3 Å². The van der Waals surface area contributed by atoms with Crippen LogP contribution in [0.3, 0.4) is 0 Å². The van der Waals surface area contributed by atoms with Crippen LogP contribution in [-0.4, -0.2) is 60.8 Å². The van der Waals surface area contributed by atoms with Crippen LogP contribution in [0.25, 0.3) is 0 Å². The number of piperidine rings is 1. The molecule has 0 aromatic rings. The van der Waals surface area contributed by atoms with Crippen molar-refractivity contribution < 1.29 is 19.4 Å². The zero-order valence-electron chi connectivity index (χ0n) is 12.9. The summed E-state index contributed by atoms with van der Waals surface area (Å²) in [5, 5.41) is 12.7. The lowest BCUT2D eigenvalue weighted by atomic mass is 9.75. The molecule has 0 aromatic heterocycles. The number of carbonyl (C=O) groups excluding carboxylic acids is 1. The molecule has 3 atom stereocenters. The molecule has 0 aliphatic carbocycles. The minimum atomic E-state index is -0.932. The summed E-state index contributed by atoms with van der Waals surface area (Å²) in [5.74, 6) is -0.943. The van der Waals surface area contributed by atoms with Crippen molar-refractivity contribution in [3.8, 4) is 0 Å². The minimum absolute atomic E-state index is 0.0106. The summed E-state index contributed by atoms with van der Waals surface area (Å²) >= 11 is 0. The number of likely N-dealkylation sites (tertiary alicyclic amines) is 1. The molecule has 2 N–H and O–H groups in total. The third-order valence-corrected chi connectivity index (χ3v) is 4.80. The van der Waals surface area contributed by atoms with Crippen LogP contribution in [0.5, 0.6) is 0 Å². The Morgan fingerprint density at radius 2 is 2.24 bits per heavy atom. The molecule has 2 rings (SSSR count). The molecule has 6 heteroatoms. The molecule has 3 unspecified atom stereocenters. The summed E-state index contributed by atoms with van der Waals surface area (Å²) in [7, 11) is 1.57. The Bertz CT molecular complexity index is 388. The maximum absolute atomic E-state index is 13.1. The molecule has 0 saturated carbocycles. The van der Waals surface area contributed by atoms with Gasteiger partial charge in [0, 0.05) is 26.6 Å². The van der Waals surface area contributed by atoms with Crippen molar-refractivity contribution in [2.75, 3.05) is 26.7 Å². The first-order valence-electron chi connectivity index (χ1n) is 7.81. The lowest BCUT2D eigenvalue weighted by Gasteiger charge is -2.40. The number of hydrogen-bond acceptors (Lipinski definition) is 4. The molecule has 2 heterocycles. The zero-order chi connectivity index (χ0) is 15.5. The molecule has 2 aliphatic rings. The second-order valence-corrected chi connectivity index (χ2v) is 6.22. The van der Waals surface area contributed by atoms with Gasteiger partial charge in [-0.1, -0.05) is 13.3 Å². The third-order valence-electron chi connectivity index (χ3n) is 4.80. The van der Waals surface area contributed by atoms with Crippen LogP contribution < -0.4 is 5.32 Å². The predicted octanol–water partition coefficient (Wildman–Crippen LogP) is 0.857. The monoisotopic (exact) mass is 298 g/mol. The van der Waals surface area contributed by atoms with Gasteiger partial charge >= 0.3 is 5.97 Å². The van der Waals surface area contributed by atoms with Crippen LogP contribution in [0, 0.1) is 5.41 Å². The molecule has 1 amide bonds. The van der Waals surface area contributed by atoms with Crippen molar-refractivity contribution in [2.24, 2.45) is 5.41 Å². The Morgan fingerprint density at radius 3 is 2.76 bits per heavy atom. The highest BCUT2D eigenvalue weighted by molar-refractivity contribution is 5.88. The first-order valence-corrected chi connectivity index (χ1v) is 7.81. The summed E-state index contributed by atoms with van der Waals surface area (Å²) in [6.07, 6.45) is 3.74. The Labute approximate surface area is 125 Å². The van der Waals surface area contributed by atoms with E-state index in [9.17, 15) is 14.7 Å². The van der Waals surface area contributed by atoms with Crippen molar-refractivity contribution >= 4 is 11.9 Å². The largest absolute Gasteiger partial charge is 0.480 e. The van der Waals surface area contributed by atoms with Crippen molar-refractivity contribution in [1.82, 2.24) is 10.2 Å². The zero-order valence-corrected chi connectivity index (χ0v) is 12.9. The molecule has 0 bridgehead atoms. The first-order chi connectivity index (χ1) is 10.0. The van der Waals surface area contributed by atoms with Crippen LogP contribution in [0.1, 0.15) is 39.0 Å². The highest BCUT2D eigenvalue weighted by Gasteiger charge is 2.48. The smallest absolute Gasteiger partial charge is 0.326 e. The van der Waals surface area contributed by atoms with E-state index in [0.29, 0.717) is 19.5 Å². The molecular formula is C15H26N2O4. The molecule has 21 heavy (non-hydrogen) atoms. The van der Waals surface area contributed by atoms with Gasteiger partial charge in [0.25, 0.3) is 0 Å². The van der Waals surface area contributed by atoms with E-state index in [1.807, 2.05) is 0 Å². The first kappa shape index (κ1) is 16.2. The Balaban J connectivity index is 2.20. The fraction of sp³-hybridized carbons (Fsp3) is 0.867. The Morgan fingerprint density at radius 1 is 1.48 bits per heavy atom. The lowest BCUT2D eigenvalue weighted by Crippen LogP contribution is -2.54. The van der Waals surface area contributed by atoms with Gasteiger partial charge in [-0.05, 0) is 25.8 Å². The maximum Gasteiger partial charge on any atom is 0.326 e. The van der Waals surface area contributed by atoms with E-state index < -0.39 is 17.4 Å². The van der Waals surface area contributed by atoms with E-state index in [4.69, 9.17) is 4.74 Å². The number of aliphatic carboxylic acids is 1. The number of carboxylic acid groups (broad SMARTS) is 1. The summed E-state index contributed by atoms with van der Waals surface area (Å²) in [6, 6.07) is -0.752. The summed E-state index contributed by atoms with van der Waals surface area (Å²) in [6.45, 7) is 4.04. The minimum Gasteiger partial charge on any atom is -0.480 e. The topological polar surface area (TPSA) is 78.9 Å². The van der Waals surface area contributed by atoms with Crippen LogP contribution >= 0.6 is 0 Å². The summed E-state index contributed by atoms with van der Waals surface area (Å²) < 4.78 is 5.28. The van der Waals surface area contributed by atoms with E-state index in [1.54, 1.807) is 12.0 Å². The fourth-order valence-electron chi connectivity index (χ4n) is 3.68. The number of methoxy groups -OCH3 is 1. The van der Waals surface area contributed by atoms with Crippen LogP contribution in [0.2, 0.25) is 0 Å². The highest BCUT2D eigenvalue weighted by Crippen LogP contribution is 2.36. The normalized spacial score (nSPS) is 33.1. The molecule has 2 aliphatic heterocycles. The molecule has 0 radical (unpaired) electrons. The number of nitrogens with zero attached hydrogens (tertiary/aromatic N) is 1. The van der Waals surface area contributed by atoms with Crippen LogP contribution in [0.15, 0.2) is 0 Å². The second kappa shape index (κ2) is 6.75. The van der Waals surface area contributed by atoms with E-state index in [-0.39, 0.29) is 12.0 Å². The van der Waals surface area contributed by atoms with Gasteiger partial charge < -0.3 is 20.1 Å². The molecule has 2 fully saturated rings. The molecule has 120 valence electrons. The maximum atomic E-state index is 13.1. The number of carboxylic acids is 1. The Kier molecular flexibility index (Phi) is 5.22. The van der Waals surface area contributed by atoms with Gasteiger partial charge in [-0.25, -0.2) is 4.79 Å². The van der Waals surface area contributed by atoms with Gasteiger partial charge in [-0.3, -0.25) is 4.79 Å². The molecule has 0 spiro atoms. The average molecular weight is 298 g/mol. The number of hydrogen-bond donors (Lipinski definition) is 2. The van der Waals surface area contributed by atoms with E-state index in [2.05, 4.69) is 12.2 Å². The van der Waals surface area contributed by atoms with Gasteiger partial charge in [-0.15, -0.1) is 0 Å². The third kappa shape index (κ3) is 3.21. The fourth-order valence-corrected chi connectivity index (χ4v) is 3.68. The van der Waals surface area contributed by atoms with Crippen molar-refractivity contribution in [2.45, 2.75) is 51.2 Å². The van der Waals surface area contributed by atoms with Gasteiger partial charge in [0.1, 0.15) is 6.04 Å². The van der Waals surface area contributed by atoms with Gasteiger partial charge in [0.05, 0.1) is 11.5 Å². The van der Waals surface area contributed by atoms with Crippen molar-refractivity contribution in [3.05, 3.63) is 0 Å². The quantitative estimate of drug-likeness (QED) is 0.787. The number of nitrogens with one attached hydrogen (secondary N) is 1. The predicted molar refractivity (Wildman–Crippen MR) is 78.0 cm³/mol. The number of amides is 1. The average Bonchev–Trinajstić information content (AvgIpc) is 2.92. The SMILES string of the molecule is CCCC1(C(=O)N2CC(OC)CC2C(=O)O)CCCNC1. The molecule has 6 nitrogen and oxygen atoms in total. The standard InChI is InChI=1S/C15H26N2O4/c1-3-5-15(6-4-7-16-10-15)14(20)17-9-11(21-2)8-12(17)13(18)19/h11-12,16H,3-10H2,1-2H3,(H,18,19). The number of rotatable bonds is 5. The number of ether oxygens (including phenoxy) is 1. The van der Waals surface area contributed by atoms with E-state index >= 15 is 0 Å². The molecule has 0 aromatic carbocycles. The van der Waals surface area contributed by atoms with Crippen molar-refractivity contribution in [1.29, 1.82) is 0 Å².